The molecule has 1 heterocycles. The lowest BCUT2D eigenvalue weighted by molar-refractivity contribution is 0.743. The second-order valence-corrected chi connectivity index (χ2v) is 3.72. The third kappa shape index (κ3) is 1.40. The van der Waals surface area contributed by atoms with E-state index >= 15 is 0 Å². The van der Waals surface area contributed by atoms with E-state index in [4.69, 9.17) is 0 Å². The van der Waals surface area contributed by atoms with E-state index in [0.717, 1.165) is 5.92 Å². The summed E-state index contributed by atoms with van der Waals surface area (Å²) in [6.45, 7) is 6.72. The number of hydrogen-bond donors (Lipinski definition) is 0. The summed E-state index contributed by atoms with van der Waals surface area (Å²) in [7, 11) is 0. The van der Waals surface area contributed by atoms with Gasteiger partial charge >= 0.3 is 0 Å². The average Bonchev–Trinajstić information content (AvgIpc) is 2.34. The molecule has 1 rings (SSSR count). The van der Waals surface area contributed by atoms with Gasteiger partial charge in [-0.15, -0.1) is 11.3 Å². The maximum atomic E-state index is 2.29. The van der Waals surface area contributed by atoms with Crippen LogP contribution in [-0.4, -0.2) is 0 Å². The largest absolute Gasteiger partial charge is 0.148 e. The predicted octanol–water partition coefficient (Wildman–Crippen LogP) is 3.57. The molecule has 1 heteroatoms. The minimum absolute atomic E-state index is 0.750. The van der Waals surface area contributed by atoms with Crippen molar-refractivity contribution in [1.82, 2.24) is 0 Å². The standard InChI is InChI=1S/C9H14S/c1-4-7(2)9-8(3)5-6-10-9/h5-7H,4H2,1-3H3. The molecule has 1 atom stereocenters. The van der Waals surface area contributed by atoms with E-state index in [2.05, 4.69) is 32.2 Å². The van der Waals surface area contributed by atoms with Crippen LogP contribution in [0.3, 0.4) is 0 Å². The van der Waals surface area contributed by atoms with Crippen LogP contribution >= 0.6 is 11.3 Å². The molecule has 56 valence electrons. The molecule has 0 aliphatic carbocycles. The quantitative estimate of drug-likeness (QED) is 0.611. The molecule has 0 aromatic carbocycles. The molecule has 0 bridgehead atoms. The van der Waals surface area contributed by atoms with Crippen molar-refractivity contribution in [2.24, 2.45) is 0 Å². The molecule has 0 aliphatic heterocycles. The summed E-state index contributed by atoms with van der Waals surface area (Å²) in [5.74, 6) is 0.750. The number of hydrogen-bond acceptors (Lipinski definition) is 1. The Morgan fingerprint density at radius 1 is 1.60 bits per heavy atom. The summed E-state index contributed by atoms with van der Waals surface area (Å²) in [6.07, 6.45) is 1.25. The second kappa shape index (κ2) is 3.20. The van der Waals surface area contributed by atoms with E-state index in [-0.39, 0.29) is 0 Å². The van der Waals surface area contributed by atoms with Gasteiger partial charge in [-0.25, -0.2) is 0 Å². The minimum Gasteiger partial charge on any atom is -0.148 e. The first-order valence-corrected chi connectivity index (χ1v) is 4.67. The van der Waals surface area contributed by atoms with Gasteiger partial charge in [-0.05, 0) is 36.3 Å². The van der Waals surface area contributed by atoms with Gasteiger partial charge in [-0.1, -0.05) is 13.8 Å². The zero-order valence-electron chi connectivity index (χ0n) is 6.85. The maximum Gasteiger partial charge on any atom is 0.0102 e. The van der Waals surface area contributed by atoms with Gasteiger partial charge < -0.3 is 0 Å². The van der Waals surface area contributed by atoms with Crippen LogP contribution in [0.25, 0.3) is 0 Å². The second-order valence-electron chi connectivity index (χ2n) is 2.78. The van der Waals surface area contributed by atoms with Gasteiger partial charge in [-0.2, -0.15) is 0 Å². The molecule has 0 saturated carbocycles. The molecular formula is C9H14S. The van der Waals surface area contributed by atoms with Crippen LogP contribution in [0, 0.1) is 6.92 Å². The third-order valence-corrected chi connectivity index (χ3v) is 3.21. The van der Waals surface area contributed by atoms with Gasteiger partial charge in [0.1, 0.15) is 0 Å². The predicted molar refractivity (Wildman–Crippen MR) is 47.8 cm³/mol. The van der Waals surface area contributed by atoms with E-state index in [1.807, 2.05) is 11.3 Å². The molecule has 0 fully saturated rings. The summed E-state index contributed by atoms with van der Waals surface area (Å²) in [5, 5.41) is 2.18. The van der Waals surface area contributed by atoms with Crippen LogP contribution in [0.1, 0.15) is 36.6 Å². The van der Waals surface area contributed by atoms with Crippen LogP contribution in [0.2, 0.25) is 0 Å². The van der Waals surface area contributed by atoms with Crippen LogP contribution < -0.4 is 0 Å². The summed E-state index contributed by atoms with van der Waals surface area (Å²) >= 11 is 1.88. The van der Waals surface area contributed by atoms with Gasteiger partial charge in [-0.3, -0.25) is 0 Å². The van der Waals surface area contributed by atoms with Crippen molar-refractivity contribution in [3.8, 4) is 0 Å². The Bertz CT molecular complexity index is 200. The van der Waals surface area contributed by atoms with Crippen LogP contribution in [0.5, 0.6) is 0 Å². The normalized spacial score (nSPS) is 13.5. The molecule has 0 radical (unpaired) electrons. The Morgan fingerprint density at radius 2 is 2.30 bits per heavy atom. The Labute approximate surface area is 66.9 Å². The van der Waals surface area contributed by atoms with E-state index in [0.29, 0.717) is 0 Å². The molecule has 1 aromatic rings. The molecule has 1 aromatic heterocycles. The molecule has 0 saturated heterocycles. The lowest BCUT2D eigenvalue weighted by Gasteiger charge is -2.05. The first-order valence-electron chi connectivity index (χ1n) is 3.79. The summed E-state index contributed by atoms with van der Waals surface area (Å²) < 4.78 is 0. The molecule has 0 aliphatic rings. The summed E-state index contributed by atoms with van der Waals surface area (Å²) in [5.41, 5.74) is 1.46. The molecule has 0 N–H and O–H groups in total. The minimum atomic E-state index is 0.750. The van der Waals surface area contributed by atoms with Crippen molar-refractivity contribution in [2.75, 3.05) is 0 Å². The highest BCUT2D eigenvalue weighted by Crippen LogP contribution is 2.26. The van der Waals surface area contributed by atoms with Crippen molar-refractivity contribution in [3.05, 3.63) is 21.9 Å². The van der Waals surface area contributed by atoms with E-state index < -0.39 is 0 Å². The van der Waals surface area contributed by atoms with E-state index in [1.165, 1.54) is 12.0 Å². The number of rotatable bonds is 2. The van der Waals surface area contributed by atoms with Crippen molar-refractivity contribution in [1.29, 1.82) is 0 Å². The fraction of sp³-hybridized carbons (Fsp3) is 0.556. The lowest BCUT2D eigenvalue weighted by Crippen LogP contribution is -1.88. The van der Waals surface area contributed by atoms with Gasteiger partial charge in [0.25, 0.3) is 0 Å². The number of thiophene rings is 1. The highest BCUT2D eigenvalue weighted by Gasteiger charge is 2.05. The van der Waals surface area contributed by atoms with Crippen LogP contribution in [0.4, 0.5) is 0 Å². The van der Waals surface area contributed by atoms with Crippen molar-refractivity contribution in [2.45, 2.75) is 33.1 Å². The molecule has 0 spiro atoms. The van der Waals surface area contributed by atoms with Gasteiger partial charge in [0.05, 0.1) is 0 Å². The first kappa shape index (κ1) is 7.80. The lowest BCUT2D eigenvalue weighted by atomic mass is 10.0. The Balaban J connectivity index is 2.82. The fourth-order valence-corrected chi connectivity index (χ4v) is 2.15. The van der Waals surface area contributed by atoms with Crippen molar-refractivity contribution in [3.63, 3.8) is 0 Å². The van der Waals surface area contributed by atoms with Gasteiger partial charge in [0.15, 0.2) is 0 Å². The van der Waals surface area contributed by atoms with Crippen molar-refractivity contribution < 1.29 is 0 Å². The molecule has 0 nitrogen and oxygen atoms in total. The zero-order chi connectivity index (χ0) is 7.56. The average molecular weight is 154 g/mol. The smallest absolute Gasteiger partial charge is 0.0102 e. The highest BCUT2D eigenvalue weighted by molar-refractivity contribution is 7.10. The molecule has 10 heavy (non-hydrogen) atoms. The summed E-state index contributed by atoms with van der Waals surface area (Å²) in [4.78, 5) is 1.56. The highest BCUT2D eigenvalue weighted by atomic mass is 32.1. The first-order chi connectivity index (χ1) is 4.75. The van der Waals surface area contributed by atoms with Crippen molar-refractivity contribution >= 4 is 11.3 Å². The SMILES string of the molecule is CCC(C)c1sccc1C. The number of aryl methyl sites for hydroxylation is 1. The topological polar surface area (TPSA) is 0 Å². The van der Waals surface area contributed by atoms with Gasteiger partial charge in [0.2, 0.25) is 0 Å². The third-order valence-electron chi connectivity index (χ3n) is 1.96. The van der Waals surface area contributed by atoms with Crippen LogP contribution in [0.15, 0.2) is 11.4 Å². The zero-order valence-corrected chi connectivity index (χ0v) is 7.66. The molecule has 0 amide bonds. The van der Waals surface area contributed by atoms with Gasteiger partial charge in [0, 0.05) is 4.88 Å². The maximum absolute atomic E-state index is 2.29. The Morgan fingerprint density at radius 3 is 2.70 bits per heavy atom. The van der Waals surface area contributed by atoms with Crippen LogP contribution in [-0.2, 0) is 0 Å². The fourth-order valence-electron chi connectivity index (χ4n) is 1.07. The Kier molecular flexibility index (Phi) is 2.50. The summed E-state index contributed by atoms with van der Waals surface area (Å²) in [6, 6.07) is 2.20. The molecule has 1 unspecified atom stereocenters. The van der Waals surface area contributed by atoms with E-state index in [9.17, 15) is 0 Å². The van der Waals surface area contributed by atoms with E-state index in [1.54, 1.807) is 4.88 Å². The monoisotopic (exact) mass is 154 g/mol. The Hall–Kier alpha value is -0.300. The molecular weight excluding hydrogens is 140 g/mol.